The number of hydrogen-bond donors (Lipinski definition) is 2. The summed E-state index contributed by atoms with van der Waals surface area (Å²) in [6.45, 7) is 7.24. The smallest absolute Gasteiger partial charge is 0.223 e. The maximum absolute atomic E-state index is 11.5. The minimum absolute atomic E-state index is 0.0434. The number of amides is 1. The van der Waals surface area contributed by atoms with E-state index in [9.17, 15) is 4.79 Å². The molecule has 1 rings (SSSR count). The monoisotopic (exact) mass is 264 g/mol. The number of carbonyl (C=O) groups is 1. The lowest BCUT2D eigenvalue weighted by Gasteiger charge is -2.21. The van der Waals surface area contributed by atoms with Crippen molar-refractivity contribution in [2.45, 2.75) is 27.3 Å². The summed E-state index contributed by atoms with van der Waals surface area (Å²) in [7, 11) is 3.64. The lowest BCUT2D eigenvalue weighted by atomic mass is 10.1. The van der Waals surface area contributed by atoms with Crippen LogP contribution in [0.2, 0.25) is 0 Å². The molecule has 1 aromatic rings. The Morgan fingerprint density at radius 1 is 1.53 bits per heavy atom. The molecule has 0 fully saturated rings. The summed E-state index contributed by atoms with van der Waals surface area (Å²) < 4.78 is 0. The van der Waals surface area contributed by atoms with Gasteiger partial charge in [0.2, 0.25) is 5.91 Å². The molecule has 1 heterocycles. The highest BCUT2D eigenvalue weighted by molar-refractivity contribution is 5.78. The molecule has 0 bridgehead atoms. The van der Waals surface area contributed by atoms with E-state index in [1.165, 1.54) is 0 Å². The molecule has 3 N–H and O–H groups in total. The minimum atomic E-state index is -0.0434. The number of hydrogen-bond acceptors (Lipinski definition) is 4. The van der Waals surface area contributed by atoms with Crippen LogP contribution in [-0.2, 0) is 11.3 Å². The third-order valence-corrected chi connectivity index (χ3v) is 3.37. The van der Waals surface area contributed by atoms with Crippen molar-refractivity contribution in [3.8, 4) is 0 Å². The van der Waals surface area contributed by atoms with Crippen molar-refractivity contribution in [2.75, 3.05) is 26.4 Å². The van der Waals surface area contributed by atoms with Crippen molar-refractivity contribution in [1.29, 1.82) is 0 Å². The number of nitrogen functional groups attached to an aromatic ring is 1. The van der Waals surface area contributed by atoms with Gasteiger partial charge in [0.1, 0.15) is 0 Å². The molecule has 0 spiro atoms. The van der Waals surface area contributed by atoms with Gasteiger partial charge in [-0.15, -0.1) is 0 Å². The van der Waals surface area contributed by atoms with Crippen molar-refractivity contribution in [1.82, 2.24) is 15.2 Å². The van der Waals surface area contributed by atoms with Gasteiger partial charge < -0.3 is 11.1 Å². The molecule has 1 atom stereocenters. The van der Waals surface area contributed by atoms with Gasteiger partial charge in [0.25, 0.3) is 0 Å². The number of aryl methyl sites for hydroxylation is 1. The Labute approximate surface area is 115 Å². The first kappa shape index (κ1) is 15.4. The Bertz CT molecular complexity index is 459. The van der Waals surface area contributed by atoms with Gasteiger partial charge in [-0.05, 0) is 32.0 Å². The lowest BCUT2D eigenvalue weighted by molar-refractivity contribution is -0.124. The van der Waals surface area contributed by atoms with Gasteiger partial charge >= 0.3 is 0 Å². The first-order valence-electron chi connectivity index (χ1n) is 6.47. The molecular weight excluding hydrogens is 240 g/mol. The van der Waals surface area contributed by atoms with Crippen LogP contribution in [0.3, 0.4) is 0 Å². The molecule has 0 saturated heterocycles. The quantitative estimate of drug-likeness (QED) is 0.835. The maximum Gasteiger partial charge on any atom is 0.223 e. The highest BCUT2D eigenvalue weighted by Crippen LogP contribution is 2.19. The van der Waals surface area contributed by atoms with Crippen LogP contribution < -0.4 is 11.1 Å². The molecular formula is C14H24N4O. The third-order valence-electron chi connectivity index (χ3n) is 3.37. The number of nitrogens with zero attached hydrogens (tertiary/aromatic N) is 2. The van der Waals surface area contributed by atoms with E-state index in [-0.39, 0.29) is 11.8 Å². The fourth-order valence-corrected chi connectivity index (χ4v) is 2.07. The van der Waals surface area contributed by atoms with Crippen LogP contribution in [0.1, 0.15) is 23.7 Å². The van der Waals surface area contributed by atoms with E-state index >= 15 is 0 Å². The Kier molecular flexibility index (Phi) is 5.30. The van der Waals surface area contributed by atoms with Gasteiger partial charge in [0.05, 0.1) is 5.69 Å². The number of nitrogens with one attached hydrogen (secondary N) is 1. The van der Waals surface area contributed by atoms with Crippen LogP contribution >= 0.6 is 0 Å². The maximum atomic E-state index is 11.5. The average molecular weight is 264 g/mol. The summed E-state index contributed by atoms with van der Waals surface area (Å²) in [4.78, 5) is 18.0. The number of nitrogens with two attached hydrogens (primary N) is 1. The van der Waals surface area contributed by atoms with E-state index in [4.69, 9.17) is 5.73 Å². The first-order chi connectivity index (χ1) is 8.86. The molecule has 1 amide bonds. The zero-order valence-electron chi connectivity index (χ0n) is 12.4. The molecule has 0 radical (unpaired) electrons. The van der Waals surface area contributed by atoms with E-state index in [1.54, 1.807) is 13.2 Å². The molecule has 0 saturated carbocycles. The van der Waals surface area contributed by atoms with Crippen LogP contribution in [0, 0.1) is 19.8 Å². The Morgan fingerprint density at radius 3 is 2.74 bits per heavy atom. The van der Waals surface area contributed by atoms with E-state index in [2.05, 4.69) is 15.2 Å². The average Bonchev–Trinajstić information content (AvgIpc) is 2.38. The Morgan fingerprint density at radius 2 is 2.16 bits per heavy atom. The van der Waals surface area contributed by atoms with E-state index in [0.29, 0.717) is 13.1 Å². The predicted octanol–water partition coefficient (Wildman–Crippen LogP) is 1.09. The minimum Gasteiger partial charge on any atom is -0.398 e. The van der Waals surface area contributed by atoms with Crippen molar-refractivity contribution >= 4 is 11.6 Å². The third kappa shape index (κ3) is 3.92. The SMILES string of the molecule is CNC(=O)C(C)CN(C)Cc1ncc(C)c(N)c1C. The zero-order valence-corrected chi connectivity index (χ0v) is 12.4. The number of pyridine rings is 1. The largest absolute Gasteiger partial charge is 0.398 e. The summed E-state index contributed by atoms with van der Waals surface area (Å²) in [5.41, 5.74) is 9.81. The van der Waals surface area contributed by atoms with E-state index in [1.807, 2.05) is 27.8 Å². The van der Waals surface area contributed by atoms with E-state index < -0.39 is 0 Å². The summed E-state index contributed by atoms with van der Waals surface area (Å²) in [6.07, 6.45) is 1.80. The highest BCUT2D eigenvalue weighted by Gasteiger charge is 2.15. The fraction of sp³-hybridized carbons (Fsp3) is 0.571. The molecule has 1 unspecified atom stereocenters. The molecule has 0 aliphatic heterocycles. The van der Waals surface area contributed by atoms with Crippen molar-refractivity contribution in [3.63, 3.8) is 0 Å². The van der Waals surface area contributed by atoms with Crippen LogP contribution in [0.5, 0.6) is 0 Å². The second kappa shape index (κ2) is 6.52. The second-order valence-corrected chi connectivity index (χ2v) is 5.14. The van der Waals surface area contributed by atoms with Crippen LogP contribution in [-0.4, -0.2) is 36.4 Å². The highest BCUT2D eigenvalue weighted by atomic mass is 16.1. The van der Waals surface area contributed by atoms with Gasteiger partial charge in [-0.2, -0.15) is 0 Å². The van der Waals surface area contributed by atoms with Gasteiger partial charge in [-0.1, -0.05) is 6.92 Å². The fourth-order valence-electron chi connectivity index (χ4n) is 2.07. The number of anilines is 1. The number of aromatic nitrogens is 1. The number of carbonyl (C=O) groups excluding carboxylic acids is 1. The molecule has 5 heteroatoms. The lowest BCUT2D eigenvalue weighted by Crippen LogP contribution is -2.34. The summed E-state index contributed by atoms with van der Waals surface area (Å²) in [5.74, 6) is 0.0121. The number of rotatable bonds is 5. The topological polar surface area (TPSA) is 71.2 Å². The zero-order chi connectivity index (χ0) is 14.6. The van der Waals surface area contributed by atoms with Gasteiger partial charge in [-0.3, -0.25) is 14.7 Å². The van der Waals surface area contributed by atoms with Crippen molar-refractivity contribution in [2.24, 2.45) is 5.92 Å². The van der Waals surface area contributed by atoms with Gasteiger partial charge in [0, 0.05) is 37.9 Å². The van der Waals surface area contributed by atoms with Crippen LogP contribution in [0.4, 0.5) is 5.69 Å². The van der Waals surface area contributed by atoms with Crippen LogP contribution in [0.25, 0.3) is 0 Å². The molecule has 0 aromatic carbocycles. The summed E-state index contributed by atoms with van der Waals surface area (Å²) in [6, 6.07) is 0. The molecule has 0 aliphatic carbocycles. The molecule has 0 aliphatic rings. The van der Waals surface area contributed by atoms with Crippen molar-refractivity contribution < 1.29 is 4.79 Å². The Balaban J connectivity index is 2.70. The van der Waals surface area contributed by atoms with Gasteiger partial charge in [0.15, 0.2) is 0 Å². The first-order valence-corrected chi connectivity index (χ1v) is 6.47. The standard InChI is InChI=1S/C14H24N4O/c1-9-6-17-12(11(3)13(9)15)8-18(5)7-10(2)14(19)16-4/h6,10H,7-8H2,1-5H3,(H2,15,17)(H,16,19). The molecule has 19 heavy (non-hydrogen) atoms. The summed E-state index contributed by atoms with van der Waals surface area (Å²) >= 11 is 0. The molecule has 106 valence electrons. The van der Waals surface area contributed by atoms with Gasteiger partial charge in [-0.25, -0.2) is 0 Å². The van der Waals surface area contributed by atoms with Crippen LogP contribution in [0.15, 0.2) is 6.20 Å². The Hall–Kier alpha value is -1.62. The normalized spacial score (nSPS) is 12.5. The summed E-state index contributed by atoms with van der Waals surface area (Å²) in [5, 5.41) is 2.66. The second-order valence-electron chi connectivity index (χ2n) is 5.14. The predicted molar refractivity (Wildman–Crippen MR) is 77.7 cm³/mol. The van der Waals surface area contributed by atoms with Crippen molar-refractivity contribution in [3.05, 3.63) is 23.0 Å². The van der Waals surface area contributed by atoms with E-state index in [0.717, 1.165) is 22.5 Å². The molecule has 5 nitrogen and oxygen atoms in total. The molecule has 1 aromatic heterocycles.